The van der Waals surface area contributed by atoms with E-state index in [4.69, 9.17) is 10.8 Å². The molecule has 1 aromatic heterocycles. The predicted octanol–water partition coefficient (Wildman–Crippen LogP) is 4.26. The third-order valence-corrected chi connectivity index (χ3v) is 4.39. The molecular weight excluding hydrogens is 361 g/mol. The Bertz CT molecular complexity index is 636. The fourth-order valence-corrected chi connectivity index (χ4v) is 2.73. The highest BCUT2D eigenvalue weighted by Gasteiger charge is 2.20. The van der Waals surface area contributed by atoms with E-state index in [0.29, 0.717) is 0 Å². The van der Waals surface area contributed by atoms with E-state index in [1.54, 1.807) is 0 Å². The van der Waals surface area contributed by atoms with Gasteiger partial charge in [0, 0.05) is 0 Å². The van der Waals surface area contributed by atoms with E-state index >= 15 is 0 Å². The molecule has 2 rings (SSSR count). The van der Waals surface area contributed by atoms with Gasteiger partial charge in [-0.2, -0.15) is 5.10 Å². The number of nitrogen functional groups attached to an aromatic ring is 1. The molecule has 0 radical (unpaired) electrons. The van der Waals surface area contributed by atoms with Crippen molar-refractivity contribution in [3.63, 3.8) is 0 Å². The maximum absolute atomic E-state index is 6.27. The van der Waals surface area contributed by atoms with Crippen molar-refractivity contribution in [1.82, 2.24) is 9.78 Å². The van der Waals surface area contributed by atoms with Gasteiger partial charge in [-0.05, 0) is 65.5 Å². The molecule has 1 aromatic carbocycles. The average Bonchev–Trinajstić information content (AvgIpc) is 2.59. The van der Waals surface area contributed by atoms with Crippen molar-refractivity contribution in [3.05, 3.63) is 38.6 Å². The van der Waals surface area contributed by atoms with Crippen molar-refractivity contribution in [2.45, 2.75) is 41.0 Å². The molecule has 0 spiro atoms. The lowest BCUT2D eigenvalue weighted by Gasteiger charge is -2.16. The summed E-state index contributed by atoms with van der Waals surface area (Å²) >= 11 is 2.30. The van der Waals surface area contributed by atoms with Crippen LogP contribution < -0.4 is 5.73 Å². The maximum Gasteiger partial charge on any atom is 0.141 e. The predicted molar refractivity (Wildman–Crippen MR) is 93.3 cm³/mol. The van der Waals surface area contributed by atoms with Crippen LogP contribution in [0.3, 0.4) is 0 Å². The Morgan fingerprint density at radius 2 is 1.90 bits per heavy atom. The fraction of sp³-hybridized carbons (Fsp3) is 0.438. The van der Waals surface area contributed by atoms with Gasteiger partial charge in [0.25, 0.3) is 0 Å². The number of halogens is 1. The quantitative estimate of drug-likeness (QED) is 0.788. The Morgan fingerprint density at radius 3 is 2.50 bits per heavy atom. The molecule has 0 bridgehead atoms. The lowest BCUT2D eigenvalue weighted by atomic mass is 9.91. The van der Waals surface area contributed by atoms with Gasteiger partial charge in [-0.3, -0.25) is 0 Å². The van der Waals surface area contributed by atoms with Crippen molar-refractivity contribution in [2.75, 3.05) is 5.73 Å². The van der Waals surface area contributed by atoms with Crippen LogP contribution in [-0.4, -0.2) is 9.78 Å². The summed E-state index contributed by atoms with van der Waals surface area (Å²) in [4.78, 5) is 0. The van der Waals surface area contributed by atoms with E-state index in [1.807, 2.05) is 4.68 Å². The standard InChI is InChI=1S/C16H22IN3/c1-10-6-7-11(2)13(8-10)20-15(18)14(17)12(19-20)9-16(3,4)5/h6-8H,9,18H2,1-5H3. The largest absolute Gasteiger partial charge is 0.383 e. The molecule has 0 atom stereocenters. The van der Waals surface area contributed by atoms with E-state index in [9.17, 15) is 0 Å². The van der Waals surface area contributed by atoms with E-state index in [1.165, 1.54) is 11.1 Å². The van der Waals surface area contributed by atoms with E-state index < -0.39 is 0 Å². The molecule has 0 amide bonds. The van der Waals surface area contributed by atoms with Crippen LogP contribution in [0, 0.1) is 22.8 Å². The number of rotatable bonds is 2. The van der Waals surface area contributed by atoms with Crippen LogP contribution in [-0.2, 0) is 6.42 Å². The minimum atomic E-state index is 0.202. The van der Waals surface area contributed by atoms with Gasteiger partial charge in [-0.1, -0.05) is 32.9 Å². The lowest BCUT2D eigenvalue weighted by molar-refractivity contribution is 0.404. The average molecular weight is 383 g/mol. The molecule has 0 saturated carbocycles. The van der Waals surface area contributed by atoms with E-state index in [0.717, 1.165) is 27.2 Å². The molecule has 108 valence electrons. The topological polar surface area (TPSA) is 43.8 Å². The normalized spacial score (nSPS) is 11.9. The van der Waals surface area contributed by atoms with Crippen LogP contribution in [0.2, 0.25) is 0 Å². The summed E-state index contributed by atoms with van der Waals surface area (Å²) in [7, 11) is 0. The third-order valence-electron chi connectivity index (χ3n) is 3.22. The van der Waals surface area contributed by atoms with Gasteiger partial charge < -0.3 is 5.73 Å². The van der Waals surface area contributed by atoms with Gasteiger partial charge in [-0.25, -0.2) is 4.68 Å². The first-order chi connectivity index (χ1) is 9.19. The number of benzene rings is 1. The first-order valence-electron chi connectivity index (χ1n) is 6.79. The van der Waals surface area contributed by atoms with Crippen LogP contribution in [0.5, 0.6) is 0 Å². The summed E-state index contributed by atoms with van der Waals surface area (Å²) < 4.78 is 2.95. The van der Waals surface area contributed by atoms with Gasteiger partial charge in [-0.15, -0.1) is 0 Å². The summed E-state index contributed by atoms with van der Waals surface area (Å²) in [5.41, 5.74) is 11.0. The molecule has 2 N–H and O–H groups in total. The second kappa shape index (κ2) is 5.39. The molecule has 0 saturated heterocycles. The third kappa shape index (κ3) is 3.16. The lowest BCUT2D eigenvalue weighted by Crippen LogP contribution is -2.11. The molecule has 4 heteroatoms. The van der Waals surface area contributed by atoms with Gasteiger partial charge in [0.1, 0.15) is 5.82 Å². The number of hydrogen-bond acceptors (Lipinski definition) is 2. The Balaban J connectivity index is 2.53. The van der Waals surface area contributed by atoms with Crippen molar-refractivity contribution >= 4 is 28.4 Å². The number of hydrogen-bond donors (Lipinski definition) is 1. The highest BCUT2D eigenvalue weighted by atomic mass is 127. The van der Waals surface area contributed by atoms with Crippen molar-refractivity contribution < 1.29 is 0 Å². The minimum absolute atomic E-state index is 0.202. The number of aryl methyl sites for hydroxylation is 2. The van der Waals surface area contributed by atoms with Gasteiger partial charge in [0.15, 0.2) is 0 Å². The SMILES string of the molecule is Cc1ccc(C)c(-n2nc(CC(C)(C)C)c(I)c2N)c1. The molecule has 20 heavy (non-hydrogen) atoms. The number of aromatic nitrogens is 2. The molecule has 0 aliphatic heterocycles. The van der Waals surface area contributed by atoms with Gasteiger partial charge >= 0.3 is 0 Å². The number of nitrogens with two attached hydrogens (primary N) is 1. The summed E-state index contributed by atoms with van der Waals surface area (Å²) in [5.74, 6) is 0.735. The van der Waals surface area contributed by atoms with E-state index in [2.05, 4.69) is 75.4 Å². The van der Waals surface area contributed by atoms with Crippen LogP contribution >= 0.6 is 22.6 Å². The Hall–Kier alpha value is -1.04. The Labute approximate surface area is 134 Å². The van der Waals surface area contributed by atoms with Crippen LogP contribution in [0.15, 0.2) is 18.2 Å². The Kier molecular flexibility index (Phi) is 4.14. The highest BCUT2D eigenvalue weighted by molar-refractivity contribution is 14.1. The monoisotopic (exact) mass is 383 g/mol. The molecule has 0 aliphatic rings. The molecule has 0 unspecified atom stereocenters. The first-order valence-corrected chi connectivity index (χ1v) is 7.87. The molecule has 0 fully saturated rings. The summed E-state index contributed by atoms with van der Waals surface area (Å²) in [6, 6.07) is 6.36. The summed E-state index contributed by atoms with van der Waals surface area (Å²) in [5, 5.41) is 4.75. The number of nitrogens with zero attached hydrogens (tertiary/aromatic N) is 2. The zero-order valence-electron chi connectivity index (χ0n) is 12.8. The zero-order valence-corrected chi connectivity index (χ0v) is 14.9. The molecule has 1 heterocycles. The summed E-state index contributed by atoms with van der Waals surface area (Å²) in [6.07, 6.45) is 0.924. The van der Waals surface area contributed by atoms with Crippen LogP contribution in [0.25, 0.3) is 5.69 Å². The van der Waals surface area contributed by atoms with Crippen molar-refractivity contribution in [1.29, 1.82) is 0 Å². The molecule has 3 nitrogen and oxygen atoms in total. The number of anilines is 1. The molecule has 2 aromatic rings. The second-order valence-electron chi connectivity index (χ2n) is 6.59. The smallest absolute Gasteiger partial charge is 0.141 e. The second-order valence-corrected chi connectivity index (χ2v) is 7.66. The van der Waals surface area contributed by atoms with Gasteiger partial charge in [0.05, 0.1) is 15.0 Å². The van der Waals surface area contributed by atoms with Gasteiger partial charge in [0.2, 0.25) is 0 Å². The Morgan fingerprint density at radius 1 is 1.25 bits per heavy atom. The van der Waals surface area contributed by atoms with E-state index in [-0.39, 0.29) is 5.41 Å². The minimum Gasteiger partial charge on any atom is -0.383 e. The zero-order chi connectivity index (χ0) is 15.1. The summed E-state index contributed by atoms with van der Waals surface area (Å²) in [6.45, 7) is 10.8. The molecular formula is C16H22IN3. The highest BCUT2D eigenvalue weighted by Crippen LogP contribution is 2.29. The first kappa shape index (κ1) is 15.4. The fourth-order valence-electron chi connectivity index (χ4n) is 2.21. The van der Waals surface area contributed by atoms with Crippen molar-refractivity contribution in [2.24, 2.45) is 5.41 Å². The van der Waals surface area contributed by atoms with Crippen LogP contribution in [0.1, 0.15) is 37.6 Å². The van der Waals surface area contributed by atoms with Crippen LogP contribution in [0.4, 0.5) is 5.82 Å². The molecule has 0 aliphatic carbocycles. The maximum atomic E-state index is 6.27. The van der Waals surface area contributed by atoms with Crippen molar-refractivity contribution in [3.8, 4) is 5.69 Å².